The quantitative estimate of drug-likeness (QED) is 0.277. The van der Waals surface area contributed by atoms with Crippen LogP contribution in [-0.4, -0.2) is 52.4 Å². The minimum atomic E-state index is -1.05. The summed E-state index contributed by atoms with van der Waals surface area (Å²) in [6.45, 7) is 0. The molecular weight excluding hydrogens is 446 g/mol. The van der Waals surface area contributed by atoms with Gasteiger partial charge < -0.3 is 15.2 Å². The monoisotopic (exact) mass is 459 g/mol. The maximum absolute atomic E-state index is 11.6. The van der Waals surface area contributed by atoms with Crippen molar-refractivity contribution in [1.29, 1.82) is 0 Å². The Bertz CT molecular complexity index is 785. The number of aliphatic carboxylic acids is 1. The summed E-state index contributed by atoms with van der Waals surface area (Å²) in [6.07, 6.45) is 1.22. The van der Waals surface area contributed by atoms with Gasteiger partial charge in [0.05, 0.1) is 25.5 Å². The number of rotatable bonds is 7. The van der Waals surface area contributed by atoms with Crippen molar-refractivity contribution in [3.8, 4) is 0 Å². The number of carbonyl (C=O) groups excluding carboxylic acids is 2. The van der Waals surface area contributed by atoms with Crippen molar-refractivity contribution in [2.75, 3.05) is 12.9 Å². The third-order valence-corrected chi connectivity index (χ3v) is 5.64. The molecule has 26 heavy (non-hydrogen) atoms. The molecule has 1 heterocycles. The highest BCUT2D eigenvalue weighted by atomic mass is 79.9. The first kappa shape index (κ1) is 20.5. The molecule has 0 aliphatic carbocycles. The van der Waals surface area contributed by atoms with Crippen molar-refractivity contribution >= 4 is 68.7 Å². The zero-order valence-electron chi connectivity index (χ0n) is 13.5. The third kappa shape index (κ3) is 6.15. The molecule has 2 rings (SSSR count). The van der Waals surface area contributed by atoms with Gasteiger partial charge in [0.15, 0.2) is 5.17 Å². The molecule has 8 nitrogen and oxygen atoms in total. The number of hydrogen-bond donors (Lipinski definition) is 2. The van der Waals surface area contributed by atoms with Crippen LogP contribution in [0.1, 0.15) is 12.0 Å². The van der Waals surface area contributed by atoms with Crippen LogP contribution in [0.3, 0.4) is 0 Å². The number of carboxylic acids is 1. The SMILES string of the molecule is COC(=O)CSc1cc(Br)ccc1C=NN=C1NC(=O)C(CC(=O)O)S1. The van der Waals surface area contributed by atoms with Gasteiger partial charge in [0.1, 0.15) is 5.25 Å². The lowest BCUT2D eigenvalue weighted by Crippen LogP contribution is -2.26. The molecule has 11 heteroatoms. The number of carbonyl (C=O) groups is 3. The van der Waals surface area contributed by atoms with Gasteiger partial charge in [0.25, 0.3) is 0 Å². The van der Waals surface area contributed by atoms with Crippen molar-refractivity contribution < 1.29 is 24.2 Å². The highest BCUT2D eigenvalue weighted by Crippen LogP contribution is 2.26. The van der Waals surface area contributed by atoms with Crippen LogP contribution in [0, 0.1) is 0 Å². The molecule has 1 aromatic rings. The summed E-state index contributed by atoms with van der Waals surface area (Å²) in [4.78, 5) is 34.5. The van der Waals surface area contributed by atoms with Crippen LogP contribution < -0.4 is 5.32 Å². The van der Waals surface area contributed by atoms with E-state index in [2.05, 4.69) is 36.2 Å². The highest BCUT2D eigenvalue weighted by molar-refractivity contribution is 9.10. The predicted molar refractivity (Wildman–Crippen MR) is 104 cm³/mol. The molecular formula is C15H14BrN3O5S2. The number of nitrogens with zero attached hydrogens (tertiary/aromatic N) is 2. The van der Waals surface area contributed by atoms with Crippen molar-refractivity contribution in [2.24, 2.45) is 10.2 Å². The second-order valence-electron chi connectivity index (χ2n) is 4.89. The molecule has 0 spiro atoms. The van der Waals surface area contributed by atoms with E-state index >= 15 is 0 Å². The van der Waals surface area contributed by atoms with Gasteiger partial charge in [-0.2, -0.15) is 5.10 Å². The maximum atomic E-state index is 11.6. The number of amidine groups is 1. The van der Waals surface area contributed by atoms with Crippen molar-refractivity contribution in [2.45, 2.75) is 16.6 Å². The lowest BCUT2D eigenvalue weighted by atomic mass is 10.2. The Balaban J connectivity index is 2.07. The zero-order chi connectivity index (χ0) is 19.1. The van der Waals surface area contributed by atoms with Gasteiger partial charge >= 0.3 is 11.9 Å². The number of ether oxygens (including phenoxy) is 1. The molecule has 2 N–H and O–H groups in total. The summed E-state index contributed by atoms with van der Waals surface area (Å²) in [5, 5.41) is 18.6. The Hall–Kier alpha value is -1.85. The molecule has 1 fully saturated rings. The largest absolute Gasteiger partial charge is 0.481 e. The van der Waals surface area contributed by atoms with E-state index in [0.717, 1.165) is 26.7 Å². The second kappa shape index (κ2) is 9.74. The van der Waals surface area contributed by atoms with E-state index in [9.17, 15) is 14.4 Å². The Kier molecular flexibility index (Phi) is 7.66. The van der Waals surface area contributed by atoms with E-state index in [1.54, 1.807) is 6.07 Å². The number of carboxylic acid groups (broad SMARTS) is 1. The average molecular weight is 460 g/mol. The molecule has 1 atom stereocenters. The molecule has 0 radical (unpaired) electrons. The standard InChI is InChI=1S/C15H14BrN3O5S2/c1-24-13(22)7-25-10-4-9(16)3-2-8(10)6-17-19-15-18-14(23)11(26-15)5-12(20)21/h2-4,6,11H,5,7H2,1H3,(H,20,21)(H,18,19,23). The van der Waals surface area contributed by atoms with Crippen molar-refractivity contribution in [3.63, 3.8) is 0 Å². The van der Waals surface area contributed by atoms with E-state index in [4.69, 9.17) is 5.11 Å². The van der Waals surface area contributed by atoms with Crippen LogP contribution in [0.25, 0.3) is 0 Å². The minimum absolute atomic E-state index is 0.158. The molecule has 1 amide bonds. The predicted octanol–water partition coefficient (Wildman–Crippen LogP) is 2.11. The lowest BCUT2D eigenvalue weighted by molar-refractivity contribution is -0.138. The minimum Gasteiger partial charge on any atom is -0.481 e. The summed E-state index contributed by atoms with van der Waals surface area (Å²) < 4.78 is 5.48. The summed E-state index contributed by atoms with van der Waals surface area (Å²) in [7, 11) is 1.33. The van der Waals surface area contributed by atoms with Gasteiger partial charge in [-0.15, -0.1) is 16.9 Å². The van der Waals surface area contributed by atoms with Crippen LogP contribution in [-0.2, 0) is 19.1 Å². The smallest absolute Gasteiger partial charge is 0.315 e. The van der Waals surface area contributed by atoms with Crippen LogP contribution in [0.2, 0.25) is 0 Å². The number of esters is 1. The van der Waals surface area contributed by atoms with Gasteiger partial charge in [-0.3, -0.25) is 14.4 Å². The third-order valence-electron chi connectivity index (χ3n) is 3.03. The summed E-state index contributed by atoms with van der Waals surface area (Å²) in [6, 6.07) is 5.48. The van der Waals surface area contributed by atoms with Gasteiger partial charge in [0.2, 0.25) is 5.91 Å². The molecule has 1 unspecified atom stereocenters. The average Bonchev–Trinajstić information content (AvgIpc) is 2.93. The van der Waals surface area contributed by atoms with Crippen LogP contribution in [0.4, 0.5) is 0 Å². The van der Waals surface area contributed by atoms with Gasteiger partial charge in [0, 0.05) is 14.9 Å². The fraction of sp³-hybridized carbons (Fsp3) is 0.267. The first-order valence-corrected chi connectivity index (χ1v) is 9.84. The fourth-order valence-corrected chi connectivity index (χ4v) is 4.14. The first-order valence-electron chi connectivity index (χ1n) is 7.18. The lowest BCUT2D eigenvalue weighted by Gasteiger charge is -2.05. The van der Waals surface area contributed by atoms with Gasteiger partial charge in [-0.1, -0.05) is 33.8 Å². The molecule has 1 aliphatic rings. The number of benzene rings is 1. The van der Waals surface area contributed by atoms with Crippen molar-refractivity contribution in [3.05, 3.63) is 28.2 Å². The Labute approximate surface area is 166 Å². The molecule has 0 bridgehead atoms. The van der Waals surface area contributed by atoms with Crippen LogP contribution in [0.15, 0.2) is 37.8 Å². The molecule has 1 aromatic carbocycles. The van der Waals surface area contributed by atoms with Crippen LogP contribution >= 0.6 is 39.5 Å². The zero-order valence-corrected chi connectivity index (χ0v) is 16.7. The Morgan fingerprint density at radius 1 is 1.50 bits per heavy atom. The molecule has 1 aliphatic heterocycles. The maximum Gasteiger partial charge on any atom is 0.315 e. The summed E-state index contributed by atoms with van der Waals surface area (Å²) >= 11 is 5.70. The molecule has 1 saturated heterocycles. The van der Waals surface area contributed by atoms with E-state index < -0.39 is 17.1 Å². The number of methoxy groups -OCH3 is 1. The molecule has 0 aromatic heterocycles. The Morgan fingerprint density at radius 3 is 2.96 bits per heavy atom. The molecule has 0 saturated carbocycles. The second-order valence-corrected chi connectivity index (χ2v) is 8.01. The van der Waals surface area contributed by atoms with Crippen LogP contribution in [0.5, 0.6) is 0 Å². The number of hydrogen-bond acceptors (Lipinski definition) is 8. The summed E-state index contributed by atoms with van der Waals surface area (Å²) in [5.74, 6) is -1.63. The fourth-order valence-electron chi connectivity index (χ4n) is 1.82. The van der Waals surface area contributed by atoms with Gasteiger partial charge in [-0.25, -0.2) is 0 Å². The number of amides is 1. The normalized spacial score (nSPS) is 18.3. The Morgan fingerprint density at radius 2 is 2.27 bits per heavy atom. The molecule has 138 valence electrons. The van der Waals surface area contributed by atoms with Gasteiger partial charge in [-0.05, 0) is 12.1 Å². The first-order chi connectivity index (χ1) is 12.4. The number of nitrogens with one attached hydrogen (secondary N) is 1. The topological polar surface area (TPSA) is 117 Å². The van der Waals surface area contributed by atoms with E-state index in [1.807, 2.05) is 12.1 Å². The van der Waals surface area contributed by atoms with E-state index in [0.29, 0.717) is 0 Å². The summed E-state index contributed by atoms with van der Waals surface area (Å²) in [5.41, 5.74) is 0.739. The highest BCUT2D eigenvalue weighted by Gasteiger charge is 2.32. The number of thioether (sulfide) groups is 2. The van der Waals surface area contributed by atoms with E-state index in [-0.39, 0.29) is 23.3 Å². The van der Waals surface area contributed by atoms with Crippen molar-refractivity contribution in [1.82, 2.24) is 5.32 Å². The van der Waals surface area contributed by atoms with E-state index in [1.165, 1.54) is 25.1 Å². The number of halogens is 1.